The van der Waals surface area contributed by atoms with Crippen LogP contribution in [-0.4, -0.2) is 42.3 Å². The Balaban J connectivity index is 0.00000256. The lowest BCUT2D eigenvalue weighted by Crippen LogP contribution is -2.48. The third-order valence-electron chi connectivity index (χ3n) is 5.49. The number of imide groups is 1. The van der Waals surface area contributed by atoms with Crippen molar-refractivity contribution in [2.75, 3.05) is 19.6 Å². The van der Waals surface area contributed by atoms with Gasteiger partial charge in [0.2, 0.25) is 11.8 Å². The summed E-state index contributed by atoms with van der Waals surface area (Å²) in [5.74, 6) is -1.27. The summed E-state index contributed by atoms with van der Waals surface area (Å²) >= 11 is 0. The van der Waals surface area contributed by atoms with Crippen LogP contribution in [0, 0.1) is 11.7 Å². The van der Waals surface area contributed by atoms with E-state index in [1.807, 2.05) is 18.2 Å². The number of amides is 3. The average molecular weight is 432 g/mol. The standard InChI is InChI=1S/C22H22FN3O3.ClH/c23-18-3-1-2-16(11-18)19-13-24-8-9-26(19)22(29)15-6-4-14(5-7-15)10-17-12-20(27)25-21(17)28;/h1-7,11,17,19,24H,8-10,12-13H2,(H,25,27,28);1H. The molecular formula is C22H23ClFN3O3. The molecular weight excluding hydrogens is 409 g/mol. The Morgan fingerprint density at radius 2 is 1.90 bits per heavy atom. The second kappa shape index (κ2) is 9.36. The maximum absolute atomic E-state index is 13.7. The number of benzene rings is 2. The number of hydrogen-bond acceptors (Lipinski definition) is 4. The Bertz CT molecular complexity index is 951. The normalized spacial score (nSPS) is 21.2. The predicted octanol–water partition coefficient (Wildman–Crippen LogP) is 2.24. The van der Waals surface area contributed by atoms with Crippen LogP contribution in [0.4, 0.5) is 4.39 Å². The minimum atomic E-state index is -0.352. The van der Waals surface area contributed by atoms with Gasteiger partial charge in [-0.1, -0.05) is 24.3 Å². The van der Waals surface area contributed by atoms with Crippen LogP contribution in [0.3, 0.4) is 0 Å². The van der Waals surface area contributed by atoms with Crippen LogP contribution in [0.5, 0.6) is 0 Å². The van der Waals surface area contributed by atoms with Crippen molar-refractivity contribution in [3.05, 3.63) is 71.0 Å². The molecule has 2 heterocycles. The van der Waals surface area contributed by atoms with Crippen LogP contribution in [0.25, 0.3) is 0 Å². The van der Waals surface area contributed by atoms with E-state index in [4.69, 9.17) is 0 Å². The van der Waals surface area contributed by atoms with E-state index in [1.165, 1.54) is 12.1 Å². The van der Waals surface area contributed by atoms with Crippen molar-refractivity contribution in [3.8, 4) is 0 Å². The molecule has 0 aliphatic carbocycles. The lowest BCUT2D eigenvalue weighted by Gasteiger charge is -2.36. The van der Waals surface area contributed by atoms with Gasteiger partial charge < -0.3 is 10.2 Å². The van der Waals surface area contributed by atoms with Gasteiger partial charge in [-0.05, 0) is 41.8 Å². The molecule has 3 amide bonds. The molecule has 2 aromatic rings. The van der Waals surface area contributed by atoms with Gasteiger partial charge in [0, 0.05) is 31.6 Å². The van der Waals surface area contributed by atoms with E-state index in [2.05, 4.69) is 10.6 Å². The highest BCUT2D eigenvalue weighted by atomic mass is 35.5. The first kappa shape index (κ1) is 21.9. The number of hydrogen-bond donors (Lipinski definition) is 2. The van der Waals surface area contributed by atoms with Gasteiger partial charge >= 0.3 is 0 Å². The molecule has 0 spiro atoms. The van der Waals surface area contributed by atoms with Crippen molar-refractivity contribution in [1.82, 2.24) is 15.5 Å². The van der Waals surface area contributed by atoms with E-state index in [1.54, 1.807) is 23.1 Å². The second-order valence-corrected chi connectivity index (χ2v) is 7.49. The summed E-state index contributed by atoms with van der Waals surface area (Å²) in [5, 5.41) is 5.58. The van der Waals surface area contributed by atoms with Gasteiger partial charge in [-0.2, -0.15) is 0 Å². The van der Waals surface area contributed by atoms with Crippen LogP contribution in [0.1, 0.15) is 33.9 Å². The van der Waals surface area contributed by atoms with Gasteiger partial charge in [-0.3, -0.25) is 19.7 Å². The van der Waals surface area contributed by atoms with Crippen LogP contribution in [0.2, 0.25) is 0 Å². The Labute approximate surface area is 180 Å². The fourth-order valence-corrected chi connectivity index (χ4v) is 3.96. The number of nitrogens with one attached hydrogen (secondary N) is 2. The highest BCUT2D eigenvalue weighted by Gasteiger charge is 2.31. The van der Waals surface area contributed by atoms with Crippen LogP contribution in [0.15, 0.2) is 48.5 Å². The molecule has 0 aromatic heterocycles. The summed E-state index contributed by atoms with van der Waals surface area (Å²) in [6, 6.07) is 13.2. The first-order valence-electron chi connectivity index (χ1n) is 9.71. The minimum absolute atomic E-state index is 0. The predicted molar refractivity (Wildman–Crippen MR) is 112 cm³/mol. The van der Waals surface area contributed by atoms with Gasteiger partial charge in [0.1, 0.15) is 5.82 Å². The van der Waals surface area contributed by atoms with E-state index < -0.39 is 0 Å². The third kappa shape index (κ3) is 4.68. The minimum Gasteiger partial charge on any atom is -0.329 e. The molecule has 30 heavy (non-hydrogen) atoms. The Hall–Kier alpha value is -2.77. The van der Waals surface area contributed by atoms with Crippen molar-refractivity contribution in [2.24, 2.45) is 5.92 Å². The molecule has 2 fully saturated rings. The van der Waals surface area contributed by atoms with E-state index in [9.17, 15) is 18.8 Å². The molecule has 2 aromatic carbocycles. The molecule has 158 valence electrons. The monoisotopic (exact) mass is 431 g/mol. The topological polar surface area (TPSA) is 78.5 Å². The van der Waals surface area contributed by atoms with E-state index in [0.29, 0.717) is 31.6 Å². The molecule has 6 nitrogen and oxygen atoms in total. The number of nitrogens with zero attached hydrogens (tertiary/aromatic N) is 1. The van der Waals surface area contributed by atoms with Gasteiger partial charge in [0.15, 0.2) is 0 Å². The fraction of sp³-hybridized carbons (Fsp3) is 0.318. The quantitative estimate of drug-likeness (QED) is 0.728. The summed E-state index contributed by atoms with van der Waals surface area (Å²) in [7, 11) is 0. The molecule has 2 N–H and O–H groups in total. The zero-order valence-corrected chi connectivity index (χ0v) is 17.1. The van der Waals surface area contributed by atoms with Crippen molar-refractivity contribution >= 4 is 30.1 Å². The average Bonchev–Trinajstić information content (AvgIpc) is 3.04. The molecule has 0 saturated carbocycles. The zero-order chi connectivity index (χ0) is 20.4. The molecule has 2 unspecified atom stereocenters. The Morgan fingerprint density at radius 1 is 1.13 bits per heavy atom. The van der Waals surface area contributed by atoms with Crippen molar-refractivity contribution in [1.29, 1.82) is 0 Å². The maximum atomic E-state index is 13.7. The van der Waals surface area contributed by atoms with Crippen molar-refractivity contribution in [2.45, 2.75) is 18.9 Å². The van der Waals surface area contributed by atoms with Crippen molar-refractivity contribution in [3.63, 3.8) is 0 Å². The number of halogens is 2. The summed E-state index contributed by atoms with van der Waals surface area (Å²) in [6.45, 7) is 1.78. The largest absolute Gasteiger partial charge is 0.329 e. The lowest BCUT2D eigenvalue weighted by molar-refractivity contribution is -0.125. The number of rotatable bonds is 4. The first-order valence-corrected chi connectivity index (χ1v) is 9.71. The molecule has 0 radical (unpaired) electrons. The lowest BCUT2D eigenvalue weighted by atomic mass is 9.96. The molecule has 2 atom stereocenters. The maximum Gasteiger partial charge on any atom is 0.254 e. The van der Waals surface area contributed by atoms with Gasteiger partial charge in [-0.15, -0.1) is 12.4 Å². The molecule has 8 heteroatoms. The second-order valence-electron chi connectivity index (χ2n) is 7.49. The molecule has 4 rings (SSSR count). The van der Waals surface area contributed by atoms with Crippen LogP contribution >= 0.6 is 12.4 Å². The summed E-state index contributed by atoms with van der Waals surface area (Å²) in [6.07, 6.45) is 0.668. The highest BCUT2D eigenvalue weighted by Crippen LogP contribution is 2.25. The molecule has 2 saturated heterocycles. The summed E-state index contributed by atoms with van der Waals surface area (Å²) < 4.78 is 13.7. The number of carbonyl (C=O) groups excluding carboxylic acids is 3. The Kier molecular flexibility index (Phi) is 6.84. The van der Waals surface area contributed by atoms with Gasteiger partial charge in [0.25, 0.3) is 5.91 Å². The van der Waals surface area contributed by atoms with Crippen LogP contribution in [-0.2, 0) is 16.0 Å². The first-order chi connectivity index (χ1) is 14.0. The molecule has 2 aliphatic heterocycles. The van der Waals surface area contributed by atoms with Crippen molar-refractivity contribution < 1.29 is 18.8 Å². The SMILES string of the molecule is Cl.O=C1CC(Cc2ccc(C(=O)N3CCNCC3c3cccc(F)c3)cc2)C(=O)N1. The fourth-order valence-electron chi connectivity index (χ4n) is 3.96. The van der Waals surface area contributed by atoms with E-state index in [-0.39, 0.29) is 54.3 Å². The van der Waals surface area contributed by atoms with E-state index >= 15 is 0 Å². The molecule has 2 aliphatic rings. The summed E-state index contributed by atoms with van der Waals surface area (Å²) in [4.78, 5) is 38.0. The van der Waals surface area contributed by atoms with E-state index in [0.717, 1.165) is 11.1 Å². The molecule has 0 bridgehead atoms. The summed E-state index contributed by atoms with van der Waals surface area (Å²) in [5.41, 5.74) is 2.21. The Morgan fingerprint density at radius 3 is 2.57 bits per heavy atom. The van der Waals surface area contributed by atoms with Gasteiger partial charge in [0.05, 0.1) is 12.0 Å². The number of carbonyl (C=O) groups is 3. The smallest absolute Gasteiger partial charge is 0.254 e. The highest BCUT2D eigenvalue weighted by molar-refractivity contribution is 6.03. The third-order valence-corrected chi connectivity index (χ3v) is 5.49. The van der Waals surface area contributed by atoms with Gasteiger partial charge in [-0.25, -0.2) is 4.39 Å². The van der Waals surface area contributed by atoms with Crippen LogP contribution < -0.4 is 10.6 Å². The number of piperazine rings is 1. The zero-order valence-electron chi connectivity index (χ0n) is 16.3.